The fraction of sp³-hybridized carbons (Fsp3) is 0.688. The number of hydrazine groups is 1. The zero-order valence-corrected chi connectivity index (χ0v) is 13.4. The summed E-state index contributed by atoms with van der Waals surface area (Å²) in [5, 5.41) is 0. The van der Waals surface area contributed by atoms with Gasteiger partial charge in [-0.3, -0.25) is 16.3 Å². The van der Waals surface area contributed by atoms with E-state index in [9.17, 15) is 0 Å². The van der Waals surface area contributed by atoms with Crippen LogP contribution >= 0.6 is 0 Å². The highest BCUT2D eigenvalue weighted by atomic mass is 16.5. The predicted molar refractivity (Wildman–Crippen MR) is 83.3 cm³/mol. The van der Waals surface area contributed by atoms with Gasteiger partial charge < -0.3 is 4.74 Å². The Balaban J connectivity index is 2.82. The van der Waals surface area contributed by atoms with E-state index >= 15 is 0 Å². The highest BCUT2D eigenvalue weighted by molar-refractivity contribution is 5.15. The summed E-state index contributed by atoms with van der Waals surface area (Å²) in [4.78, 5) is 4.51. The van der Waals surface area contributed by atoms with Crippen molar-refractivity contribution in [2.45, 2.75) is 59.6 Å². The topological polar surface area (TPSA) is 60.2 Å². The largest absolute Gasteiger partial charge is 0.376 e. The number of ether oxygens (including phenoxy) is 1. The zero-order valence-electron chi connectivity index (χ0n) is 13.4. The lowest BCUT2D eigenvalue weighted by Crippen LogP contribution is -2.52. The van der Waals surface area contributed by atoms with Crippen LogP contribution < -0.4 is 11.3 Å². The van der Waals surface area contributed by atoms with Crippen molar-refractivity contribution >= 4 is 0 Å². The Morgan fingerprint density at radius 1 is 1.30 bits per heavy atom. The first kappa shape index (κ1) is 17.1. The lowest BCUT2D eigenvalue weighted by Gasteiger charge is -2.36. The maximum absolute atomic E-state index is 5.91. The fourth-order valence-corrected chi connectivity index (χ4v) is 2.41. The van der Waals surface area contributed by atoms with E-state index in [2.05, 4.69) is 50.2 Å². The van der Waals surface area contributed by atoms with Crippen LogP contribution in [0.2, 0.25) is 0 Å². The molecule has 0 radical (unpaired) electrons. The van der Waals surface area contributed by atoms with Crippen molar-refractivity contribution in [1.82, 2.24) is 10.4 Å². The predicted octanol–water partition coefficient (Wildman–Crippen LogP) is 2.47. The third-order valence-corrected chi connectivity index (χ3v) is 3.50. The standard InChI is InChI=1S/C16H29N3O/c1-6-12-8-9-13(18-11-12)10-14(19-17)15(20-7-2)16(3,4)5/h8-9,11,14-15,19H,6-7,10,17H2,1-5H3. The number of rotatable bonds is 7. The minimum absolute atomic E-state index is 0.0242. The van der Waals surface area contributed by atoms with Crippen LogP contribution in [0.1, 0.15) is 45.9 Å². The van der Waals surface area contributed by atoms with Crippen LogP contribution in [0.4, 0.5) is 0 Å². The molecule has 0 amide bonds. The van der Waals surface area contributed by atoms with E-state index < -0.39 is 0 Å². The van der Waals surface area contributed by atoms with Gasteiger partial charge in [0.05, 0.1) is 12.1 Å². The molecule has 0 aliphatic rings. The van der Waals surface area contributed by atoms with E-state index in [1.165, 1.54) is 5.56 Å². The SMILES string of the molecule is CCOC(C(Cc1ccc(CC)cn1)NN)C(C)(C)C. The monoisotopic (exact) mass is 279 g/mol. The van der Waals surface area contributed by atoms with Gasteiger partial charge in [-0.1, -0.05) is 33.8 Å². The molecule has 20 heavy (non-hydrogen) atoms. The van der Waals surface area contributed by atoms with Crippen LogP contribution in [0.3, 0.4) is 0 Å². The van der Waals surface area contributed by atoms with Gasteiger partial charge in [0.1, 0.15) is 0 Å². The van der Waals surface area contributed by atoms with Crippen LogP contribution in [-0.4, -0.2) is 23.7 Å². The first-order chi connectivity index (χ1) is 9.42. The second-order valence-electron chi connectivity index (χ2n) is 6.23. The number of aryl methyl sites for hydroxylation is 1. The number of hydrogen-bond donors (Lipinski definition) is 2. The molecule has 1 rings (SSSR count). The number of nitrogens with one attached hydrogen (secondary N) is 1. The van der Waals surface area contributed by atoms with Crippen molar-refractivity contribution < 1.29 is 4.74 Å². The summed E-state index contributed by atoms with van der Waals surface area (Å²) in [6.45, 7) is 11.3. The average molecular weight is 279 g/mol. The first-order valence-corrected chi connectivity index (χ1v) is 7.43. The van der Waals surface area contributed by atoms with E-state index in [0.29, 0.717) is 6.61 Å². The smallest absolute Gasteiger partial charge is 0.0793 e. The summed E-state index contributed by atoms with van der Waals surface area (Å²) in [5.74, 6) is 5.75. The van der Waals surface area contributed by atoms with Crippen molar-refractivity contribution in [3.63, 3.8) is 0 Å². The van der Waals surface area contributed by atoms with Crippen molar-refractivity contribution in [3.05, 3.63) is 29.6 Å². The Hall–Kier alpha value is -0.970. The first-order valence-electron chi connectivity index (χ1n) is 7.43. The minimum Gasteiger partial charge on any atom is -0.376 e. The lowest BCUT2D eigenvalue weighted by molar-refractivity contribution is -0.0357. The van der Waals surface area contributed by atoms with Crippen LogP contribution in [-0.2, 0) is 17.6 Å². The number of nitrogens with zero attached hydrogens (tertiary/aromatic N) is 1. The molecule has 4 nitrogen and oxygen atoms in total. The van der Waals surface area contributed by atoms with Gasteiger partial charge in [-0.05, 0) is 30.4 Å². The second-order valence-corrected chi connectivity index (χ2v) is 6.23. The van der Waals surface area contributed by atoms with Crippen molar-refractivity contribution in [2.24, 2.45) is 11.3 Å². The molecule has 0 saturated carbocycles. The van der Waals surface area contributed by atoms with Crippen molar-refractivity contribution in [2.75, 3.05) is 6.61 Å². The number of aromatic nitrogens is 1. The molecule has 1 heterocycles. The highest BCUT2D eigenvalue weighted by Crippen LogP contribution is 2.26. The maximum atomic E-state index is 5.91. The van der Waals surface area contributed by atoms with E-state index in [-0.39, 0.29) is 17.6 Å². The van der Waals surface area contributed by atoms with Gasteiger partial charge in [0, 0.05) is 24.9 Å². The van der Waals surface area contributed by atoms with Gasteiger partial charge in [-0.2, -0.15) is 0 Å². The number of pyridine rings is 1. The van der Waals surface area contributed by atoms with E-state index in [1.807, 2.05) is 13.1 Å². The molecule has 4 heteroatoms. The second kappa shape index (κ2) is 7.72. The average Bonchev–Trinajstić information content (AvgIpc) is 2.42. The van der Waals surface area contributed by atoms with Crippen LogP contribution in [0, 0.1) is 5.41 Å². The Morgan fingerprint density at radius 2 is 2.00 bits per heavy atom. The van der Waals surface area contributed by atoms with E-state index in [0.717, 1.165) is 18.5 Å². The minimum atomic E-state index is 0.0242. The molecule has 2 atom stereocenters. The van der Waals surface area contributed by atoms with Gasteiger partial charge in [0.2, 0.25) is 0 Å². The van der Waals surface area contributed by atoms with Gasteiger partial charge in [0.15, 0.2) is 0 Å². The van der Waals surface area contributed by atoms with Crippen molar-refractivity contribution in [1.29, 1.82) is 0 Å². The maximum Gasteiger partial charge on any atom is 0.0793 e. The Kier molecular flexibility index (Phi) is 6.59. The fourth-order valence-electron chi connectivity index (χ4n) is 2.41. The Bertz CT molecular complexity index is 384. The third-order valence-electron chi connectivity index (χ3n) is 3.50. The number of hydrogen-bond acceptors (Lipinski definition) is 4. The Labute approximate surface area is 123 Å². The quantitative estimate of drug-likeness (QED) is 0.594. The molecule has 0 fully saturated rings. The van der Waals surface area contributed by atoms with Gasteiger partial charge in [-0.15, -0.1) is 0 Å². The van der Waals surface area contributed by atoms with Crippen LogP contribution in [0.15, 0.2) is 18.3 Å². The molecular formula is C16H29N3O. The summed E-state index contributed by atoms with van der Waals surface area (Å²) >= 11 is 0. The summed E-state index contributed by atoms with van der Waals surface area (Å²) in [6.07, 6.45) is 3.76. The highest BCUT2D eigenvalue weighted by Gasteiger charge is 2.32. The molecule has 0 aliphatic carbocycles. The molecule has 0 saturated heterocycles. The molecule has 1 aromatic heterocycles. The van der Waals surface area contributed by atoms with Crippen molar-refractivity contribution in [3.8, 4) is 0 Å². The zero-order chi connectivity index (χ0) is 15.2. The molecular weight excluding hydrogens is 250 g/mol. The van der Waals surface area contributed by atoms with E-state index in [1.54, 1.807) is 0 Å². The summed E-state index contributed by atoms with van der Waals surface area (Å²) in [5.41, 5.74) is 5.22. The molecule has 2 unspecified atom stereocenters. The van der Waals surface area contributed by atoms with Gasteiger partial charge in [0.25, 0.3) is 0 Å². The lowest BCUT2D eigenvalue weighted by atomic mass is 9.83. The normalized spacial score (nSPS) is 15.1. The molecule has 0 aromatic carbocycles. The molecule has 1 aromatic rings. The summed E-state index contributed by atoms with van der Waals surface area (Å²) in [6, 6.07) is 4.26. The van der Waals surface area contributed by atoms with Crippen LogP contribution in [0.5, 0.6) is 0 Å². The number of nitrogens with two attached hydrogens (primary N) is 1. The van der Waals surface area contributed by atoms with Crippen LogP contribution in [0.25, 0.3) is 0 Å². The Morgan fingerprint density at radius 3 is 2.40 bits per heavy atom. The van der Waals surface area contributed by atoms with E-state index in [4.69, 9.17) is 10.6 Å². The molecule has 0 aliphatic heterocycles. The third kappa shape index (κ3) is 4.85. The van der Waals surface area contributed by atoms with Gasteiger partial charge in [-0.25, -0.2) is 0 Å². The molecule has 0 bridgehead atoms. The van der Waals surface area contributed by atoms with Gasteiger partial charge >= 0.3 is 0 Å². The summed E-state index contributed by atoms with van der Waals surface area (Å²) in [7, 11) is 0. The molecule has 114 valence electrons. The molecule has 0 spiro atoms. The molecule has 3 N–H and O–H groups in total. The summed E-state index contributed by atoms with van der Waals surface area (Å²) < 4.78 is 5.91.